The van der Waals surface area contributed by atoms with E-state index in [0.717, 1.165) is 12.1 Å². The normalized spacial score (nSPS) is 11.1. The van der Waals surface area contributed by atoms with Crippen LogP contribution in [0.4, 0.5) is 11.4 Å². The highest BCUT2D eigenvalue weighted by atomic mass is 16.6. The number of nitro groups is 1. The second-order valence-electron chi connectivity index (χ2n) is 6.96. The Balaban J connectivity index is 1.66. The van der Waals surface area contributed by atoms with Gasteiger partial charge in [-0.3, -0.25) is 14.9 Å². The number of nitrogens with zero attached hydrogens (tertiary/aromatic N) is 1. The van der Waals surface area contributed by atoms with Crippen molar-refractivity contribution in [2.75, 3.05) is 19.5 Å². The van der Waals surface area contributed by atoms with Crippen LogP contribution < -0.4 is 19.5 Å². The predicted molar refractivity (Wildman–Crippen MR) is 123 cm³/mol. The van der Waals surface area contributed by atoms with Gasteiger partial charge in [-0.25, -0.2) is 4.79 Å². The number of carbonyl (C=O) groups is 2. The van der Waals surface area contributed by atoms with Crippen LogP contribution in [0.5, 0.6) is 23.0 Å². The van der Waals surface area contributed by atoms with Crippen LogP contribution in [0.15, 0.2) is 66.7 Å². The van der Waals surface area contributed by atoms with Gasteiger partial charge in [-0.05, 0) is 43.3 Å². The van der Waals surface area contributed by atoms with E-state index in [4.69, 9.17) is 18.9 Å². The van der Waals surface area contributed by atoms with Crippen molar-refractivity contribution in [2.24, 2.45) is 0 Å². The topological polar surface area (TPSA) is 126 Å². The number of hydrogen-bond donors (Lipinski definition) is 1. The van der Waals surface area contributed by atoms with E-state index in [2.05, 4.69) is 5.32 Å². The molecular formula is C24H22N2O8. The molecule has 0 aliphatic heterocycles. The monoisotopic (exact) mass is 466 g/mol. The molecule has 0 saturated carbocycles. The third-order valence-corrected chi connectivity index (χ3v) is 4.67. The van der Waals surface area contributed by atoms with Gasteiger partial charge in [-0.15, -0.1) is 0 Å². The quantitative estimate of drug-likeness (QED) is 0.276. The van der Waals surface area contributed by atoms with E-state index in [0.29, 0.717) is 17.2 Å². The molecule has 0 saturated heterocycles. The van der Waals surface area contributed by atoms with Gasteiger partial charge in [0.1, 0.15) is 17.1 Å². The van der Waals surface area contributed by atoms with Crippen LogP contribution in [-0.4, -0.2) is 37.1 Å². The van der Waals surface area contributed by atoms with Crippen LogP contribution in [0, 0.1) is 10.1 Å². The lowest BCUT2D eigenvalue weighted by molar-refractivity contribution is -0.385. The maximum Gasteiger partial charge on any atom is 0.346 e. The Morgan fingerprint density at radius 2 is 1.50 bits per heavy atom. The summed E-state index contributed by atoms with van der Waals surface area (Å²) in [5.41, 5.74) is -0.459. The number of nitrogens with one attached hydrogen (secondary N) is 1. The number of ether oxygens (including phenoxy) is 4. The van der Waals surface area contributed by atoms with Gasteiger partial charge in [0.05, 0.1) is 25.2 Å². The van der Waals surface area contributed by atoms with Gasteiger partial charge >= 0.3 is 5.97 Å². The van der Waals surface area contributed by atoms with E-state index in [1.807, 2.05) is 30.3 Å². The summed E-state index contributed by atoms with van der Waals surface area (Å²) in [7, 11) is 2.64. The number of anilines is 1. The van der Waals surface area contributed by atoms with Crippen molar-refractivity contribution in [3.05, 3.63) is 82.4 Å². The fourth-order valence-corrected chi connectivity index (χ4v) is 2.94. The Hall–Kier alpha value is -4.60. The standard InChI is InChI=1S/C24H22N2O8/c1-15(33-24(28)19-13-21(31-2)22(32-3)14-20(19)26(29)30)23(27)25-16-9-11-18(12-10-16)34-17-7-5-4-6-8-17/h4-15H,1-3H3,(H,25,27). The number of methoxy groups -OCH3 is 2. The fourth-order valence-electron chi connectivity index (χ4n) is 2.94. The van der Waals surface area contributed by atoms with Crippen LogP contribution in [0.2, 0.25) is 0 Å². The third kappa shape index (κ3) is 5.80. The van der Waals surface area contributed by atoms with E-state index < -0.39 is 28.6 Å². The van der Waals surface area contributed by atoms with Crippen molar-refractivity contribution in [3.8, 4) is 23.0 Å². The number of carbonyl (C=O) groups excluding carboxylic acids is 2. The summed E-state index contributed by atoms with van der Waals surface area (Å²) in [5, 5.41) is 14.0. The maximum absolute atomic E-state index is 12.6. The summed E-state index contributed by atoms with van der Waals surface area (Å²) in [6.45, 7) is 1.35. The number of esters is 1. The van der Waals surface area contributed by atoms with Gasteiger partial charge in [-0.2, -0.15) is 0 Å². The number of hydrogen-bond acceptors (Lipinski definition) is 8. The molecule has 3 aromatic rings. The van der Waals surface area contributed by atoms with E-state index in [1.165, 1.54) is 21.1 Å². The Morgan fingerprint density at radius 1 is 0.912 bits per heavy atom. The first-order chi connectivity index (χ1) is 16.3. The lowest BCUT2D eigenvalue weighted by atomic mass is 10.1. The smallest absolute Gasteiger partial charge is 0.346 e. The maximum atomic E-state index is 12.6. The van der Waals surface area contributed by atoms with Gasteiger partial charge in [0.25, 0.3) is 11.6 Å². The molecule has 34 heavy (non-hydrogen) atoms. The lowest BCUT2D eigenvalue weighted by Crippen LogP contribution is -2.30. The number of para-hydroxylation sites is 1. The molecule has 0 aliphatic rings. The molecule has 10 nitrogen and oxygen atoms in total. The summed E-state index contributed by atoms with van der Waals surface area (Å²) < 4.78 is 21.0. The minimum absolute atomic E-state index is 0.0798. The predicted octanol–water partition coefficient (Wildman–Crippen LogP) is 4.59. The summed E-state index contributed by atoms with van der Waals surface area (Å²) in [6, 6.07) is 18.0. The molecule has 0 aliphatic carbocycles. The number of rotatable bonds is 9. The molecule has 1 amide bonds. The lowest BCUT2D eigenvalue weighted by Gasteiger charge is -2.15. The van der Waals surface area contributed by atoms with E-state index in [-0.39, 0.29) is 17.1 Å². The number of amides is 1. The molecule has 10 heteroatoms. The first-order valence-electron chi connectivity index (χ1n) is 10.1. The summed E-state index contributed by atoms with van der Waals surface area (Å²) >= 11 is 0. The molecule has 0 heterocycles. The van der Waals surface area contributed by atoms with Crippen LogP contribution in [0.3, 0.4) is 0 Å². The van der Waals surface area contributed by atoms with Crippen LogP contribution in [-0.2, 0) is 9.53 Å². The van der Waals surface area contributed by atoms with Crippen molar-refractivity contribution < 1.29 is 33.5 Å². The highest BCUT2D eigenvalue weighted by Gasteiger charge is 2.28. The molecule has 3 aromatic carbocycles. The Bertz CT molecular complexity index is 1180. The molecule has 0 radical (unpaired) electrons. The average molecular weight is 466 g/mol. The Kier molecular flexibility index (Phi) is 7.65. The van der Waals surface area contributed by atoms with Gasteiger partial charge in [0, 0.05) is 11.8 Å². The van der Waals surface area contributed by atoms with Crippen molar-refractivity contribution in [1.82, 2.24) is 0 Å². The largest absolute Gasteiger partial charge is 0.493 e. The first-order valence-corrected chi connectivity index (χ1v) is 10.1. The Labute approximate surface area is 195 Å². The van der Waals surface area contributed by atoms with Gasteiger partial charge in [0.2, 0.25) is 0 Å². The van der Waals surface area contributed by atoms with Gasteiger partial charge in [0.15, 0.2) is 17.6 Å². The molecule has 176 valence electrons. The molecule has 1 atom stereocenters. The van der Waals surface area contributed by atoms with E-state index >= 15 is 0 Å². The summed E-state index contributed by atoms with van der Waals surface area (Å²) in [5.74, 6) is -0.241. The molecular weight excluding hydrogens is 444 g/mol. The third-order valence-electron chi connectivity index (χ3n) is 4.67. The zero-order valence-corrected chi connectivity index (χ0v) is 18.6. The molecule has 3 rings (SSSR count). The van der Waals surface area contributed by atoms with Gasteiger partial charge in [-0.1, -0.05) is 18.2 Å². The van der Waals surface area contributed by atoms with Crippen molar-refractivity contribution in [1.29, 1.82) is 0 Å². The van der Waals surface area contributed by atoms with Crippen molar-refractivity contribution >= 4 is 23.3 Å². The molecule has 1 N–H and O–H groups in total. The van der Waals surface area contributed by atoms with Crippen molar-refractivity contribution in [3.63, 3.8) is 0 Å². The van der Waals surface area contributed by atoms with Crippen LogP contribution in [0.1, 0.15) is 17.3 Å². The number of nitro benzene ring substituents is 1. The summed E-state index contributed by atoms with van der Waals surface area (Å²) in [6.07, 6.45) is -1.24. The molecule has 0 aromatic heterocycles. The first kappa shape index (κ1) is 24.1. The second-order valence-corrected chi connectivity index (χ2v) is 6.96. The number of benzene rings is 3. The fraction of sp³-hybridized carbons (Fsp3) is 0.167. The SMILES string of the molecule is COc1cc(C(=O)OC(C)C(=O)Nc2ccc(Oc3ccccc3)cc2)c([N+](=O)[O-])cc1OC. The highest BCUT2D eigenvalue weighted by molar-refractivity contribution is 5.99. The molecule has 0 spiro atoms. The van der Waals surface area contributed by atoms with E-state index in [9.17, 15) is 19.7 Å². The minimum atomic E-state index is -1.24. The minimum Gasteiger partial charge on any atom is -0.493 e. The van der Waals surface area contributed by atoms with Crippen LogP contribution in [0.25, 0.3) is 0 Å². The molecule has 1 unspecified atom stereocenters. The van der Waals surface area contributed by atoms with Gasteiger partial charge < -0.3 is 24.3 Å². The van der Waals surface area contributed by atoms with Crippen LogP contribution >= 0.6 is 0 Å². The summed E-state index contributed by atoms with van der Waals surface area (Å²) in [4.78, 5) is 35.8. The van der Waals surface area contributed by atoms with E-state index in [1.54, 1.807) is 24.3 Å². The molecule has 0 bridgehead atoms. The zero-order chi connectivity index (χ0) is 24.7. The zero-order valence-electron chi connectivity index (χ0n) is 18.6. The highest BCUT2D eigenvalue weighted by Crippen LogP contribution is 2.35. The molecule has 0 fully saturated rings. The average Bonchev–Trinajstić information content (AvgIpc) is 2.84. The second kappa shape index (κ2) is 10.8. The van der Waals surface area contributed by atoms with Crippen molar-refractivity contribution in [2.45, 2.75) is 13.0 Å². The Morgan fingerprint density at radius 3 is 2.09 bits per heavy atom.